The minimum absolute atomic E-state index is 0.0189. The van der Waals surface area contributed by atoms with Crippen molar-refractivity contribution in [3.8, 4) is 11.5 Å². The molecular formula is C19H18N2O6. The Morgan fingerprint density at radius 2 is 1.67 bits per heavy atom. The molecule has 0 aliphatic carbocycles. The zero-order chi connectivity index (χ0) is 19.2. The van der Waals surface area contributed by atoms with E-state index in [0.717, 1.165) is 0 Å². The van der Waals surface area contributed by atoms with Gasteiger partial charge in [0.25, 0.3) is 11.8 Å². The third-order valence-electron chi connectivity index (χ3n) is 3.77. The number of benzene rings is 2. The fourth-order valence-corrected chi connectivity index (χ4v) is 2.32. The van der Waals surface area contributed by atoms with Crippen molar-refractivity contribution in [2.24, 2.45) is 0 Å². The van der Waals surface area contributed by atoms with E-state index in [0.29, 0.717) is 17.1 Å². The monoisotopic (exact) mass is 370 g/mol. The van der Waals surface area contributed by atoms with Crippen LogP contribution in [-0.2, 0) is 14.3 Å². The van der Waals surface area contributed by atoms with Crippen molar-refractivity contribution in [2.45, 2.75) is 19.1 Å². The van der Waals surface area contributed by atoms with E-state index in [1.807, 2.05) is 0 Å². The maximum absolute atomic E-state index is 12.2. The van der Waals surface area contributed by atoms with E-state index < -0.39 is 30.0 Å². The molecule has 27 heavy (non-hydrogen) atoms. The SMILES string of the molecule is C[C@@H](OC(=O)[C@H]1COc2ccccc2O1)C(=O)NNC(=O)c1ccccc1. The molecule has 2 N–H and O–H groups in total. The van der Waals surface area contributed by atoms with Crippen LogP contribution in [0.1, 0.15) is 17.3 Å². The molecular weight excluding hydrogens is 352 g/mol. The highest BCUT2D eigenvalue weighted by Gasteiger charge is 2.31. The van der Waals surface area contributed by atoms with E-state index >= 15 is 0 Å². The molecule has 8 heteroatoms. The van der Waals surface area contributed by atoms with E-state index in [2.05, 4.69) is 10.9 Å². The van der Waals surface area contributed by atoms with Crippen LogP contribution in [0.15, 0.2) is 54.6 Å². The minimum atomic E-state index is -1.13. The van der Waals surface area contributed by atoms with Crippen LogP contribution >= 0.6 is 0 Å². The molecule has 140 valence electrons. The third kappa shape index (κ3) is 4.55. The Balaban J connectivity index is 1.48. The van der Waals surface area contributed by atoms with Crippen LogP contribution in [0.3, 0.4) is 0 Å². The van der Waals surface area contributed by atoms with Gasteiger partial charge in [0.05, 0.1) is 0 Å². The number of para-hydroxylation sites is 2. The molecule has 1 heterocycles. The molecule has 0 saturated heterocycles. The maximum Gasteiger partial charge on any atom is 0.351 e. The standard InChI is InChI=1S/C19H18N2O6/c1-12(17(22)20-21-18(23)13-7-3-2-4-8-13)26-19(24)16-11-25-14-9-5-6-10-15(14)27-16/h2-10,12,16H,11H2,1H3,(H,20,22)(H,21,23)/t12-,16-/m1/s1. The molecule has 0 aromatic heterocycles. The summed E-state index contributed by atoms with van der Waals surface area (Å²) in [4.78, 5) is 36.1. The highest BCUT2D eigenvalue weighted by molar-refractivity contribution is 5.95. The fourth-order valence-electron chi connectivity index (χ4n) is 2.32. The van der Waals surface area contributed by atoms with Gasteiger partial charge in [-0.05, 0) is 31.2 Å². The summed E-state index contributed by atoms with van der Waals surface area (Å²) in [7, 11) is 0. The number of hydrogen-bond donors (Lipinski definition) is 2. The van der Waals surface area contributed by atoms with Crippen molar-refractivity contribution in [3.63, 3.8) is 0 Å². The molecule has 0 unspecified atom stereocenters. The molecule has 0 radical (unpaired) electrons. The van der Waals surface area contributed by atoms with Gasteiger partial charge in [-0.2, -0.15) is 0 Å². The van der Waals surface area contributed by atoms with Gasteiger partial charge >= 0.3 is 5.97 Å². The van der Waals surface area contributed by atoms with Crippen LogP contribution in [0.4, 0.5) is 0 Å². The fraction of sp³-hybridized carbons (Fsp3) is 0.211. The summed E-state index contributed by atoms with van der Waals surface area (Å²) in [5, 5.41) is 0. The van der Waals surface area contributed by atoms with Crippen molar-refractivity contribution in [3.05, 3.63) is 60.2 Å². The molecule has 8 nitrogen and oxygen atoms in total. The Morgan fingerprint density at radius 1 is 1.00 bits per heavy atom. The molecule has 0 fully saturated rings. The van der Waals surface area contributed by atoms with Gasteiger partial charge in [-0.1, -0.05) is 30.3 Å². The topological polar surface area (TPSA) is 103 Å². The van der Waals surface area contributed by atoms with Crippen molar-refractivity contribution in [2.75, 3.05) is 6.61 Å². The van der Waals surface area contributed by atoms with E-state index in [-0.39, 0.29) is 6.61 Å². The predicted molar refractivity (Wildman–Crippen MR) is 94.0 cm³/mol. The Morgan fingerprint density at radius 3 is 2.41 bits per heavy atom. The van der Waals surface area contributed by atoms with Crippen molar-refractivity contribution < 1.29 is 28.6 Å². The number of amides is 2. The summed E-state index contributed by atoms with van der Waals surface area (Å²) in [6, 6.07) is 15.3. The summed E-state index contributed by atoms with van der Waals surface area (Å²) >= 11 is 0. The predicted octanol–water partition coefficient (Wildman–Crippen LogP) is 1.22. The first-order valence-corrected chi connectivity index (χ1v) is 8.29. The molecule has 0 saturated carbocycles. The second-order valence-corrected chi connectivity index (χ2v) is 5.75. The Kier molecular flexibility index (Phi) is 5.55. The lowest BCUT2D eigenvalue weighted by Crippen LogP contribution is -2.48. The van der Waals surface area contributed by atoms with Gasteiger partial charge in [-0.25, -0.2) is 4.79 Å². The van der Waals surface area contributed by atoms with E-state index in [4.69, 9.17) is 14.2 Å². The average Bonchev–Trinajstić information content (AvgIpc) is 2.71. The Bertz CT molecular complexity index is 839. The van der Waals surface area contributed by atoms with Crippen LogP contribution < -0.4 is 20.3 Å². The van der Waals surface area contributed by atoms with Crippen molar-refractivity contribution >= 4 is 17.8 Å². The quantitative estimate of drug-likeness (QED) is 0.620. The van der Waals surface area contributed by atoms with Crippen LogP contribution in [0, 0.1) is 0 Å². The number of hydrogen-bond acceptors (Lipinski definition) is 6. The molecule has 0 spiro atoms. The molecule has 3 rings (SSSR count). The number of rotatable bonds is 4. The number of carbonyl (C=O) groups excluding carboxylic acids is 3. The van der Waals surface area contributed by atoms with Gasteiger partial charge in [0, 0.05) is 5.56 Å². The van der Waals surface area contributed by atoms with Crippen LogP contribution in [0.2, 0.25) is 0 Å². The first-order valence-electron chi connectivity index (χ1n) is 8.29. The maximum atomic E-state index is 12.2. The zero-order valence-electron chi connectivity index (χ0n) is 14.5. The van der Waals surface area contributed by atoms with Crippen molar-refractivity contribution in [1.82, 2.24) is 10.9 Å². The van der Waals surface area contributed by atoms with Crippen molar-refractivity contribution in [1.29, 1.82) is 0 Å². The smallest absolute Gasteiger partial charge is 0.351 e. The minimum Gasteiger partial charge on any atom is -0.485 e. The van der Waals surface area contributed by atoms with Gasteiger partial charge in [0.15, 0.2) is 17.6 Å². The number of carbonyl (C=O) groups is 3. The number of hydrazine groups is 1. The number of fused-ring (bicyclic) bond motifs is 1. The van der Waals surface area contributed by atoms with Gasteiger partial charge in [0.2, 0.25) is 6.10 Å². The molecule has 2 atom stereocenters. The van der Waals surface area contributed by atoms with E-state index in [1.165, 1.54) is 6.92 Å². The summed E-state index contributed by atoms with van der Waals surface area (Å²) < 4.78 is 16.1. The number of nitrogens with one attached hydrogen (secondary N) is 2. The first kappa shape index (κ1) is 18.2. The summed E-state index contributed by atoms with van der Waals surface area (Å²) in [5.41, 5.74) is 4.86. The first-order chi connectivity index (χ1) is 13.0. The van der Waals surface area contributed by atoms with E-state index in [9.17, 15) is 14.4 Å². The molecule has 2 amide bonds. The number of ether oxygens (including phenoxy) is 3. The van der Waals surface area contributed by atoms with Crippen LogP contribution in [-0.4, -0.2) is 36.6 Å². The summed E-state index contributed by atoms with van der Waals surface area (Å²) in [6.07, 6.45) is -2.11. The van der Waals surface area contributed by atoms with Gasteiger partial charge < -0.3 is 14.2 Å². The normalized spacial score (nSPS) is 16.0. The largest absolute Gasteiger partial charge is 0.485 e. The zero-order valence-corrected chi connectivity index (χ0v) is 14.5. The average molecular weight is 370 g/mol. The highest BCUT2D eigenvalue weighted by Crippen LogP contribution is 2.31. The van der Waals surface area contributed by atoms with Gasteiger partial charge in [-0.15, -0.1) is 0 Å². The lowest BCUT2D eigenvalue weighted by Gasteiger charge is -2.25. The molecule has 1 aliphatic rings. The molecule has 1 aliphatic heterocycles. The van der Waals surface area contributed by atoms with E-state index in [1.54, 1.807) is 54.6 Å². The van der Waals surface area contributed by atoms with Gasteiger partial charge in [0.1, 0.15) is 6.61 Å². The number of esters is 1. The highest BCUT2D eigenvalue weighted by atomic mass is 16.6. The summed E-state index contributed by atoms with van der Waals surface area (Å²) in [5.74, 6) is -0.928. The lowest BCUT2D eigenvalue weighted by molar-refractivity contribution is -0.163. The van der Waals surface area contributed by atoms with Crippen LogP contribution in [0.5, 0.6) is 11.5 Å². The third-order valence-corrected chi connectivity index (χ3v) is 3.77. The van der Waals surface area contributed by atoms with Gasteiger partial charge in [-0.3, -0.25) is 20.4 Å². The Labute approximate surface area is 155 Å². The Hall–Kier alpha value is -3.55. The summed E-state index contributed by atoms with van der Waals surface area (Å²) in [6.45, 7) is 1.37. The second kappa shape index (κ2) is 8.22. The van der Waals surface area contributed by atoms with Crippen LogP contribution in [0.25, 0.3) is 0 Å². The second-order valence-electron chi connectivity index (χ2n) is 5.75. The molecule has 0 bridgehead atoms. The molecule has 2 aromatic rings. The lowest BCUT2D eigenvalue weighted by atomic mass is 10.2. The molecule has 2 aromatic carbocycles.